The highest BCUT2D eigenvalue weighted by Gasteiger charge is 2.44. The average molecular weight is 363 g/mol. The van der Waals surface area contributed by atoms with Crippen molar-refractivity contribution in [1.29, 1.82) is 0 Å². The van der Waals surface area contributed by atoms with Gasteiger partial charge in [-0.1, -0.05) is 0 Å². The van der Waals surface area contributed by atoms with E-state index in [2.05, 4.69) is 0 Å². The van der Waals surface area contributed by atoms with Crippen molar-refractivity contribution in [2.75, 3.05) is 13.1 Å². The van der Waals surface area contributed by atoms with Crippen molar-refractivity contribution in [1.82, 2.24) is 4.31 Å². The number of piperidine rings is 1. The highest BCUT2D eigenvalue weighted by molar-refractivity contribution is 7.89. The standard InChI is InChI=1S/C17H24F3NO2S/c1-10-11(2)13(4)16(14(5)12(10)3)24(22,23)21-8-6-7-15(9-21)17(18,19)20/h15H,6-9H2,1-5H3. The van der Waals surface area contributed by atoms with Gasteiger partial charge in [0.1, 0.15) is 0 Å². The molecular weight excluding hydrogens is 339 g/mol. The maximum Gasteiger partial charge on any atom is 0.393 e. The van der Waals surface area contributed by atoms with Gasteiger partial charge >= 0.3 is 6.18 Å². The monoisotopic (exact) mass is 363 g/mol. The van der Waals surface area contributed by atoms with Gasteiger partial charge in [0.15, 0.2) is 0 Å². The molecule has 0 N–H and O–H groups in total. The fraction of sp³-hybridized carbons (Fsp3) is 0.647. The van der Waals surface area contributed by atoms with Gasteiger partial charge < -0.3 is 0 Å². The summed E-state index contributed by atoms with van der Waals surface area (Å²) in [6, 6.07) is 0. The van der Waals surface area contributed by atoms with Gasteiger partial charge in [-0.25, -0.2) is 8.42 Å². The summed E-state index contributed by atoms with van der Waals surface area (Å²) >= 11 is 0. The lowest BCUT2D eigenvalue weighted by atomic mass is 9.95. The van der Waals surface area contributed by atoms with Gasteiger partial charge in [-0.05, 0) is 75.3 Å². The summed E-state index contributed by atoms with van der Waals surface area (Å²) in [7, 11) is -3.94. The lowest BCUT2D eigenvalue weighted by Crippen LogP contribution is -2.44. The minimum atomic E-state index is -4.36. The summed E-state index contributed by atoms with van der Waals surface area (Å²) in [6.45, 7) is 8.74. The van der Waals surface area contributed by atoms with Crippen LogP contribution in [0.25, 0.3) is 0 Å². The highest BCUT2D eigenvalue weighted by atomic mass is 32.2. The number of nitrogens with zero attached hydrogens (tertiary/aromatic N) is 1. The molecule has 0 amide bonds. The van der Waals surface area contributed by atoms with E-state index in [1.165, 1.54) is 0 Å². The molecule has 0 saturated carbocycles. The molecule has 1 heterocycles. The normalized spacial score (nSPS) is 20.4. The van der Waals surface area contributed by atoms with Gasteiger partial charge in [0.05, 0.1) is 10.8 Å². The molecule has 0 radical (unpaired) electrons. The Morgan fingerprint density at radius 2 is 1.38 bits per heavy atom. The first-order chi connectivity index (χ1) is 10.9. The van der Waals surface area contributed by atoms with Crippen LogP contribution in [-0.4, -0.2) is 32.0 Å². The van der Waals surface area contributed by atoms with Crippen LogP contribution in [0, 0.1) is 40.5 Å². The van der Waals surface area contributed by atoms with E-state index in [0.717, 1.165) is 21.0 Å². The van der Waals surface area contributed by atoms with Gasteiger partial charge in [-0.3, -0.25) is 0 Å². The number of hydrogen-bond donors (Lipinski definition) is 0. The van der Waals surface area contributed by atoms with Gasteiger partial charge in [-0.2, -0.15) is 17.5 Å². The molecule has 1 aromatic carbocycles. The van der Waals surface area contributed by atoms with Gasteiger partial charge in [0.25, 0.3) is 0 Å². The molecule has 0 bridgehead atoms. The second-order valence-electron chi connectivity index (χ2n) is 6.70. The van der Waals surface area contributed by atoms with Crippen LogP contribution < -0.4 is 0 Å². The van der Waals surface area contributed by atoms with Crippen LogP contribution in [0.2, 0.25) is 0 Å². The Morgan fingerprint density at radius 3 is 1.83 bits per heavy atom. The Bertz CT molecular complexity index is 725. The summed E-state index contributed by atoms with van der Waals surface area (Å²) < 4.78 is 66.2. The highest BCUT2D eigenvalue weighted by Crippen LogP contribution is 2.37. The Kier molecular flexibility index (Phi) is 5.08. The summed E-state index contributed by atoms with van der Waals surface area (Å²) in [6.07, 6.45) is -4.15. The Hall–Kier alpha value is -1.08. The minimum absolute atomic E-state index is 0.0144. The Labute approximate surface area is 141 Å². The molecule has 1 atom stereocenters. The SMILES string of the molecule is Cc1c(C)c(C)c(S(=O)(=O)N2CCCC(C(F)(F)F)C2)c(C)c1C. The largest absolute Gasteiger partial charge is 0.393 e. The third-order valence-corrected chi connectivity index (χ3v) is 7.52. The third kappa shape index (κ3) is 3.20. The van der Waals surface area contributed by atoms with Crippen molar-refractivity contribution in [3.8, 4) is 0 Å². The zero-order chi connectivity index (χ0) is 18.4. The fourth-order valence-electron chi connectivity index (χ4n) is 3.41. The molecule has 1 aromatic rings. The molecule has 136 valence electrons. The molecule has 1 aliphatic rings. The second kappa shape index (κ2) is 6.33. The summed E-state index contributed by atoms with van der Waals surface area (Å²) in [5.41, 5.74) is 4.03. The van der Waals surface area contributed by atoms with E-state index in [-0.39, 0.29) is 24.3 Å². The maximum absolute atomic E-state index is 13.1. The molecule has 0 aromatic heterocycles. The van der Waals surface area contributed by atoms with E-state index in [0.29, 0.717) is 11.1 Å². The zero-order valence-corrected chi connectivity index (χ0v) is 15.5. The second-order valence-corrected chi connectivity index (χ2v) is 8.57. The van der Waals surface area contributed by atoms with Crippen molar-refractivity contribution in [3.63, 3.8) is 0 Å². The molecule has 7 heteroatoms. The van der Waals surface area contributed by atoms with Crippen LogP contribution in [0.5, 0.6) is 0 Å². The van der Waals surface area contributed by atoms with E-state index in [1.807, 2.05) is 20.8 Å². The number of sulfonamides is 1. The van der Waals surface area contributed by atoms with E-state index < -0.39 is 28.7 Å². The van der Waals surface area contributed by atoms with E-state index in [9.17, 15) is 21.6 Å². The van der Waals surface area contributed by atoms with Crippen LogP contribution in [0.15, 0.2) is 4.90 Å². The smallest absolute Gasteiger partial charge is 0.207 e. The van der Waals surface area contributed by atoms with E-state index >= 15 is 0 Å². The van der Waals surface area contributed by atoms with Crippen molar-refractivity contribution >= 4 is 10.0 Å². The van der Waals surface area contributed by atoms with Crippen LogP contribution in [0.1, 0.15) is 40.7 Å². The molecule has 1 fully saturated rings. The van der Waals surface area contributed by atoms with E-state index in [4.69, 9.17) is 0 Å². The topological polar surface area (TPSA) is 37.4 Å². The Morgan fingerprint density at radius 1 is 0.917 bits per heavy atom. The molecule has 0 spiro atoms. The molecule has 1 aliphatic heterocycles. The van der Waals surface area contributed by atoms with Crippen molar-refractivity contribution in [2.24, 2.45) is 5.92 Å². The first-order valence-corrected chi connectivity index (χ1v) is 9.46. The molecular formula is C17H24F3NO2S. The van der Waals surface area contributed by atoms with Crippen molar-refractivity contribution < 1.29 is 21.6 Å². The molecule has 3 nitrogen and oxygen atoms in total. The molecule has 24 heavy (non-hydrogen) atoms. The zero-order valence-electron chi connectivity index (χ0n) is 14.7. The lowest BCUT2D eigenvalue weighted by molar-refractivity contribution is -0.182. The van der Waals surface area contributed by atoms with E-state index in [1.54, 1.807) is 13.8 Å². The first-order valence-electron chi connectivity index (χ1n) is 8.02. The van der Waals surface area contributed by atoms with Gasteiger partial charge in [0.2, 0.25) is 10.0 Å². The third-order valence-electron chi connectivity index (χ3n) is 5.38. The number of benzene rings is 1. The fourth-order valence-corrected chi connectivity index (χ4v) is 5.49. The van der Waals surface area contributed by atoms with Crippen molar-refractivity contribution in [2.45, 2.75) is 58.5 Å². The number of halogens is 3. The van der Waals surface area contributed by atoms with Gasteiger partial charge in [-0.15, -0.1) is 0 Å². The average Bonchev–Trinajstić information content (AvgIpc) is 2.50. The van der Waals surface area contributed by atoms with Crippen LogP contribution in [0.4, 0.5) is 13.2 Å². The number of hydrogen-bond acceptors (Lipinski definition) is 2. The number of rotatable bonds is 2. The van der Waals surface area contributed by atoms with Crippen LogP contribution >= 0.6 is 0 Å². The summed E-state index contributed by atoms with van der Waals surface area (Å²) in [5.74, 6) is -1.59. The quantitative estimate of drug-likeness (QED) is 0.790. The molecule has 2 rings (SSSR count). The molecule has 1 saturated heterocycles. The van der Waals surface area contributed by atoms with Gasteiger partial charge in [0, 0.05) is 13.1 Å². The minimum Gasteiger partial charge on any atom is -0.207 e. The Balaban J connectivity index is 2.52. The predicted octanol–water partition coefficient (Wildman–Crippen LogP) is 4.19. The lowest BCUT2D eigenvalue weighted by Gasteiger charge is -2.34. The predicted molar refractivity (Wildman–Crippen MR) is 87.7 cm³/mol. The molecule has 1 unspecified atom stereocenters. The van der Waals surface area contributed by atoms with Crippen LogP contribution in [-0.2, 0) is 10.0 Å². The number of alkyl halides is 3. The van der Waals surface area contributed by atoms with Crippen molar-refractivity contribution in [3.05, 3.63) is 27.8 Å². The maximum atomic E-state index is 13.1. The summed E-state index contributed by atoms with van der Waals surface area (Å²) in [4.78, 5) is 0.172. The summed E-state index contributed by atoms with van der Waals surface area (Å²) in [5, 5.41) is 0. The first kappa shape index (κ1) is 19.2. The van der Waals surface area contributed by atoms with Crippen LogP contribution in [0.3, 0.4) is 0 Å². The molecule has 0 aliphatic carbocycles.